The zero-order chi connectivity index (χ0) is 8.94. The van der Waals surface area contributed by atoms with Crippen molar-refractivity contribution in [3.05, 3.63) is 35.9 Å². The van der Waals surface area contributed by atoms with E-state index in [4.69, 9.17) is 0 Å². The molecule has 4 rings (SSSR count). The Hall–Kier alpha value is -0.0500. The zero-order valence-electron chi connectivity index (χ0n) is 7.59. The summed E-state index contributed by atoms with van der Waals surface area (Å²) in [7, 11) is 0. The molecule has 1 aromatic rings. The molecule has 0 radical (unpaired) electrons. The van der Waals surface area contributed by atoms with Crippen molar-refractivity contribution in [3.63, 3.8) is 0 Å². The second kappa shape index (κ2) is 2.50. The molecule has 0 aromatic heterocycles. The van der Waals surface area contributed by atoms with Gasteiger partial charge in [0.1, 0.15) is 0 Å². The van der Waals surface area contributed by atoms with Crippen molar-refractivity contribution in [2.45, 2.75) is 29.1 Å². The van der Waals surface area contributed by atoms with Crippen LogP contribution in [0.15, 0.2) is 30.3 Å². The summed E-state index contributed by atoms with van der Waals surface area (Å²) in [5.74, 6) is 0. The standard InChI is InChI=1S/C12H13I/c13-12-7-11(8-12,9-12)6-10-4-2-1-3-5-10/h1-5H,6-9H2. The van der Waals surface area contributed by atoms with Gasteiger partial charge in [0.05, 0.1) is 0 Å². The third kappa shape index (κ3) is 1.24. The van der Waals surface area contributed by atoms with Crippen molar-refractivity contribution in [3.8, 4) is 0 Å². The van der Waals surface area contributed by atoms with Crippen LogP contribution in [0.25, 0.3) is 0 Å². The van der Waals surface area contributed by atoms with Gasteiger partial charge < -0.3 is 0 Å². The summed E-state index contributed by atoms with van der Waals surface area (Å²) in [6, 6.07) is 10.9. The lowest BCUT2D eigenvalue weighted by atomic mass is 9.43. The first-order valence-corrected chi connectivity index (χ1v) is 6.01. The average molecular weight is 284 g/mol. The van der Waals surface area contributed by atoms with E-state index < -0.39 is 0 Å². The third-order valence-electron chi connectivity index (χ3n) is 3.50. The summed E-state index contributed by atoms with van der Waals surface area (Å²) < 4.78 is 0.729. The highest BCUT2D eigenvalue weighted by Crippen LogP contribution is 2.72. The fourth-order valence-electron chi connectivity index (χ4n) is 3.08. The molecular weight excluding hydrogens is 271 g/mol. The fourth-order valence-corrected chi connectivity index (χ4v) is 5.50. The fraction of sp³-hybridized carbons (Fsp3) is 0.500. The van der Waals surface area contributed by atoms with Gasteiger partial charge in [-0.3, -0.25) is 0 Å². The van der Waals surface area contributed by atoms with Gasteiger partial charge in [0.25, 0.3) is 0 Å². The molecule has 3 aliphatic rings. The monoisotopic (exact) mass is 284 g/mol. The SMILES string of the molecule is IC12CC(Cc3ccccc3)(C1)C2. The predicted molar refractivity (Wildman–Crippen MR) is 63.2 cm³/mol. The molecule has 1 aromatic carbocycles. The number of benzene rings is 1. The van der Waals surface area contributed by atoms with Crippen molar-refractivity contribution < 1.29 is 0 Å². The highest BCUT2D eigenvalue weighted by atomic mass is 127. The molecule has 0 heterocycles. The lowest BCUT2D eigenvalue weighted by Gasteiger charge is -2.68. The minimum atomic E-state index is 0.725. The van der Waals surface area contributed by atoms with Crippen LogP contribution >= 0.6 is 22.6 Å². The van der Waals surface area contributed by atoms with E-state index in [1.54, 1.807) is 0 Å². The molecule has 3 aliphatic carbocycles. The molecule has 0 atom stereocenters. The Labute approximate surface area is 92.9 Å². The van der Waals surface area contributed by atoms with Crippen LogP contribution in [0.2, 0.25) is 0 Å². The number of halogens is 1. The van der Waals surface area contributed by atoms with E-state index in [9.17, 15) is 0 Å². The molecule has 3 saturated carbocycles. The summed E-state index contributed by atoms with van der Waals surface area (Å²) >= 11 is 2.65. The van der Waals surface area contributed by atoms with E-state index in [1.165, 1.54) is 31.2 Å². The molecule has 0 aliphatic heterocycles. The van der Waals surface area contributed by atoms with Crippen LogP contribution < -0.4 is 0 Å². The summed E-state index contributed by atoms with van der Waals surface area (Å²) in [6.07, 6.45) is 5.72. The molecule has 2 bridgehead atoms. The van der Waals surface area contributed by atoms with Crippen LogP contribution in [-0.4, -0.2) is 3.42 Å². The lowest BCUT2D eigenvalue weighted by Crippen LogP contribution is -2.63. The second-order valence-corrected chi connectivity index (χ2v) is 7.13. The Morgan fingerprint density at radius 3 is 2.23 bits per heavy atom. The molecule has 0 N–H and O–H groups in total. The number of hydrogen-bond donors (Lipinski definition) is 0. The van der Waals surface area contributed by atoms with Gasteiger partial charge in [-0.15, -0.1) is 0 Å². The van der Waals surface area contributed by atoms with Crippen LogP contribution in [0.3, 0.4) is 0 Å². The van der Waals surface area contributed by atoms with E-state index in [1.807, 2.05) is 0 Å². The first-order valence-electron chi connectivity index (χ1n) is 4.93. The van der Waals surface area contributed by atoms with Crippen LogP contribution in [-0.2, 0) is 6.42 Å². The van der Waals surface area contributed by atoms with Gasteiger partial charge >= 0.3 is 0 Å². The summed E-state index contributed by atoms with van der Waals surface area (Å²) in [5, 5.41) is 0. The summed E-state index contributed by atoms with van der Waals surface area (Å²) in [6.45, 7) is 0. The number of alkyl halides is 1. The average Bonchev–Trinajstić information content (AvgIpc) is 2.02. The molecule has 3 fully saturated rings. The van der Waals surface area contributed by atoms with Crippen LogP contribution in [0.5, 0.6) is 0 Å². The molecular formula is C12H13I. The molecule has 13 heavy (non-hydrogen) atoms. The minimum Gasteiger partial charge on any atom is -0.0788 e. The Morgan fingerprint density at radius 2 is 1.69 bits per heavy atom. The van der Waals surface area contributed by atoms with E-state index in [0.29, 0.717) is 0 Å². The normalized spacial score (nSPS) is 40.7. The summed E-state index contributed by atoms with van der Waals surface area (Å²) in [5.41, 5.74) is 2.25. The predicted octanol–water partition coefficient (Wildman–Crippen LogP) is 3.59. The van der Waals surface area contributed by atoms with E-state index in [0.717, 1.165) is 8.84 Å². The third-order valence-corrected chi connectivity index (χ3v) is 4.64. The first-order chi connectivity index (χ1) is 6.20. The Kier molecular flexibility index (Phi) is 1.59. The molecule has 68 valence electrons. The highest BCUT2D eigenvalue weighted by Gasteiger charge is 2.65. The van der Waals surface area contributed by atoms with Crippen molar-refractivity contribution in [2.24, 2.45) is 5.41 Å². The van der Waals surface area contributed by atoms with Crippen molar-refractivity contribution >= 4 is 22.6 Å². The smallest absolute Gasteiger partial charge is 0.0238 e. The van der Waals surface area contributed by atoms with Gasteiger partial charge in [-0.05, 0) is 36.7 Å². The molecule has 0 unspecified atom stereocenters. The topological polar surface area (TPSA) is 0 Å². The number of hydrogen-bond acceptors (Lipinski definition) is 0. The van der Waals surface area contributed by atoms with Crippen LogP contribution in [0.4, 0.5) is 0 Å². The van der Waals surface area contributed by atoms with Gasteiger partial charge in [0.15, 0.2) is 0 Å². The van der Waals surface area contributed by atoms with Gasteiger partial charge in [-0.2, -0.15) is 0 Å². The van der Waals surface area contributed by atoms with Gasteiger partial charge in [0.2, 0.25) is 0 Å². The lowest BCUT2D eigenvalue weighted by molar-refractivity contribution is -0.0614. The molecule has 0 amide bonds. The summed E-state index contributed by atoms with van der Waals surface area (Å²) in [4.78, 5) is 0. The first kappa shape index (κ1) is 8.27. The van der Waals surface area contributed by atoms with Crippen molar-refractivity contribution in [1.82, 2.24) is 0 Å². The number of rotatable bonds is 2. The van der Waals surface area contributed by atoms with Crippen LogP contribution in [0.1, 0.15) is 24.8 Å². The van der Waals surface area contributed by atoms with E-state index >= 15 is 0 Å². The molecule has 0 spiro atoms. The second-order valence-electron chi connectivity index (χ2n) is 4.84. The van der Waals surface area contributed by atoms with Crippen molar-refractivity contribution in [2.75, 3.05) is 0 Å². The minimum absolute atomic E-state index is 0.725. The van der Waals surface area contributed by atoms with Gasteiger partial charge in [-0.1, -0.05) is 52.9 Å². The molecule has 0 nitrogen and oxygen atoms in total. The van der Waals surface area contributed by atoms with Gasteiger partial charge in [0, 0.05) is 3.42 Å². The Bertz CT molecular complexity index is 308. The quantitative estimate of drug-likeness (QED) is 0.575. The Morgan fingerprint density at radius 1 is 1.08 bits per heavy atom. The van der Waals surface area contributed by atoms with Crippen LogP contribution in [0, 0.1) is 5.41 Å². The largest absolute Gasteiger partial charge is 0.0788 e. The van der Waals surface area contributed by atoms with Gasteiger partial charge in [-0.25, -0.2) is 0 Å². The maximum atomic E-state index is 2.65. The zero-order valence-corrected chi connectivity index (χ0v) is 9.75. The maximum absolute atomic E-state index is 2.65. The van der Waals surface area contributed by atoms with E-state index in [-0.39, 0.29) is 0 Å². The van der Waals surface area contributed by atoms with Crippen molar-refractivity contribution in [1.29, 1.82) is 0 Å². The maximum Gasteiger partial charge on any atom is 0.0238 e. The van der Waals surface area contributed by atoms with E-state index in [2.05, 4.69) is 52.9 Å². The Balaban J connectivity index is 1.72. The molecule has 1 heteroatoms. The highest BCUT2D eigenvalue weighted by molar-refractivity contribution is 14.1. The molecule has 0 saturated heterocycles.